The molecule has 18 heavy (non-hydrogen) atoms. The van der Waals surface area contributed by atoms with Crippen LogP contribution in [-0.4, -0.2) is 20.7 Å². The molecule has 1 aromatic carbocycles. The van der Waals surface area contributed by atoms with E-state index in [1.165, 1.54) is 0 Å². The minimum atomic E-state index is 0.473. The quantitative estimate of drug-likeness (QED) is 0.881. The number of aromatic nitrogens is 3. The second-order valence-corrected chi connectivity index (χ2v) is 5.69. The van der Waals surface area contributed by atoms with E-state index in [0.717, 1.165) is 22.9 Å². The van der Waals surface area contributed by atoms with Gasteiger partial charge in [-0.05, 0) is 25.1 Å². The zero-order valence-corrected chi connectivity index (χ0v) is 12.1. The Morgan fingerprint density at radius 2 is 2.17 bits per heavy atom. The number of nitrogen functional groups attached to an aromatic ring is 1. The van der Waals surface area contributed by atoms with Gasteiger partial charge in [0, 0.05) is 15.7 Å². The van der Waals surface area contributed by atoms with E-state index in [-0.39, 0.29) is 0 Å². The zero-order valence-electron chi connectivity index (χ0n) is 9.73. The third-order valence-electron chi connectivity index (χ3n) is 2.47. The van der Waals surface area contributed by atoms with Crippen molar-refractivity contribution >= 4 is 40.8 Å². The molecule has 0 aliphatic heterocycles. The standard InChI is InChI=1S/C11H12Cl2N4S/c1-7-11(14)15-16-17(7)4-5-18-10-6-8(12)2-3-9(10)13/h2-3,6H,4-5,14H2,1H3. The lowest BCUT2D eigenvalue weighted by atomic mass is 10.4. The van der Waals surface area contributed by atoms with Gasteiger partial charge in [0.2, 0.25) is 0 Å². The number of hydrogen-bond acceptors (Lipinski definition) is 4. The van der Waals surface area contributed by atoms with Gasteiger partial charge in [-0.3, -0.25) is 0 Å². The van der Waals surface area contributed by atoms with Gasteiger partial charge in [0.1, 0.15) is 0 Å². The van der Waals surface area contributed by atoms with Gasteiger partial charge in [0.25, 0.3) is 0 Å². The molecule has 0 atom stereocenters. The number of nitrogens with two attached hydrogens (primary N) is 1. The average molecular weight is 303 g/mol. The smallest absolute Gasteiger partial charge is 0.168 e. The summed E-state index contributed by atoms with van der Waals surface area (Å²) in [5.74, 6) is 1.30. The SMILES string of the molecule is Cc1c(N)nnn1CCSc1cc(Cl)ccc1Cl. The number of benzene rings is 1. The van der Waals surface area contributed by atoms with Gasteiger partial charge in [0.15, 0.2) is 5.82 Å². The Morgan fingerprint density at radius 1 is 1.39 bits per heavy atom. The van der Waals surface area contributed by atoms with Crippen molar-refractivity contribution in [1.82, 2.24) is 15.0 Å². The Hall–Kier alpha value is -0.910. The summed E-state index contributed by atoms with van der Waals surface area (Å²) < 4.78 is 1.78. The van der Waals surface area contributed by atoms with Crippen LogP contribution in [0.1, 0.15) is 5.69 Å². The fourth-order valence-electron chi connectivity index (χ4n) is 1.42. The molecular weight excluding hydrogens is 291 g/mol. The Labute approximate surface area is 119 Å². The Balaban J connectivity index is 1.96. The molecule has 4 nitrogen and oxygen atoms in total. The number of hydrogen-bond donors (Lipinski definition) is 1. The van der Waals surface area contributed by atoms with Gasteiger partial charge in [-0.2, -0.15) is 0 Å². The second-order valence-electron chi connectivity index (χ2n) is 3.71. The molecule has 0 radical (unpaired) electrons. The maximum Gasteiger partial charge on any atom is 0.168 e. The van der Waals surface area contributed by atoms with Gasteiger partial charge in [0.05, 0.1) is 17.3 Å². The monoisotopic (exact) mass is 302 g/mol. The van der Waals surface area contributed by atoms with Crippen LogP contribution in [0, 0.1) is 6.92 Å². The summed E-state index contributed by atoms with van der Waals surface area (Å²) in [5.41, 5.74) is 6.51. The maximum absolute atomic E-state index is 6.08. The fraction of sp³-hybridized carbons (Fsp3) is 0.273. The van der Waals surface area contributed by atoms with Crippen molar-refractivity contribution < 1.29 is 0 Å². The van der Waals surface area contributed by atoms with Crippen LogP contribution in [0.2, 0.25) is 10.0 Å². The summed E-state index contributed by atoms with van der Waals surface area (Å²) in [5, 5.41) is 9.15. The number of halogens is 2. The van der Waals surface area contributed by atoms with Crippen LogP contribution in [0.4, 0.5) is 5.82 Å². The first kappa shape index (κ1) is 13.5. The first-order valence-electron chi connectivity index (χ1n) is 5.31. The molecule has 0 saturated carbocycles. The van der Waals surface area contributed by atoms with E-state index >= 15 is 0 Å². The molecule has 7 heteroatoms. The molecule has 0 unspecified atom stereocenters. The van der Waals surface area contributed by atoms with Gasteiger partial charge >= 0.3 is 0 Å². The van der Waals surface area contributed by atoms with Gasteiger partial charge in [-0.1, -0.05) is 28.4 Å². The van der Waals surface area contributed by atoms with Crippen molar-refractivity contribution in [2.45, 2.75) is 18.4 Å². The topological polar surface area (TPSA) is 56.7 Å². The largest absolute Gasteiger partial charge is 0.381 e. The molecule has 0 fully saturated rings. The highest BCUT2D eigenvalue weighted by atomic mass is 35.5. The minimum absolute atomic E-state index is 0.473. The molecule has 0 aliphatic rings. The minimum Gasteiger partial charge on any atom is -0.381 e. The van der Waals surface area contributed by atoms with Crippen LogP contribution in [-0.2, 0) is 6.54 Å². The molecule has 1 aromatic heterocycles. The molecule has 0 saturated heterocycles. The lowest BCUT2D eigenvalue weighted by Crippen LogP contribution is -2.05. The van der Waals surface area contributed by atoms with E-state index in [2.05, 4.69) is 10.3 Å². The van der Waals surface area contributed by atoms with Crippen LogP contribution >= 0.6 is 35.0 Å². The Kier molecular flexibility index (Phi) is 4.37. The van der Waals surface area contributed by atoms with Crippen LogP contribution in [0.5, 0.6) is 0 Å². The van der Waals surface area contributed by atoms with Crippen molar-refractivity contribution in [2.75, 3.05) is 11.5 Å². The maximum atomic E-state index is 6.08. The molecule has 0 aliphatic carbocycles. The molecule has 0 spiro atoms. The van der Waals surface area contributed by atoms with Crippen molar-refractivity contribution in [1.29, 1.82) is 0 Å². The molecule has 0 bridgehead atoms. The van der Waals surface area contributed by atoms with E-state index in [4.69, 9.17) is 28.9 Å². The summed E-state index contributed by atoms with van der Waals surface area (Å²) in [6.07, 6.45) is 0. The summed E-state index contributed by atoms with van der Waals surface area (Å²) in [6.45, 7) is 2.62. The summed E-state index contributed by atoms with van der Waals surface area (Å²) in [6, 6.07) is 5.43. The number of rotatable bonds is 4. The molecule has 1 heterocycles. The van der Waals surface area contributed by atoms with E-state index in [1.807, 2.05) is 13.0 Å². The highest BCUT2D eigenvalue weighted by Crippen LogP contribution is 2.29. The normalized spacial score (nSPS) is 10.8. The summed E-state index contributed by atoms with van der Waals surface area (Å²) in [4.78, 5) is 0.968. The van der Waals surface area contributed by atoms with E-state index < -0.39 is 0 Å². The molecule has 96 valence electrons. The average Bonchev–Trinajstić information content (AvgIpc) is 2.65. The third kappa shape index (κ3) is 3.10. The number of anilines is 1. The van der Waals surface area contributed by atoms with Gasteiger partial charge < -0.3 is 5.73 Å². The van der Waals surface area contributed by atoms with Crippen LogP contribution < -0.4 is 5.73 Å². The van der Waals surface area contributed by atoms with Crippen LogP contribution in [0.25, 0.3) is 0 Å². The highest BCUT2D eigenvalue weighted by molar-refractivity contribution is 7.99. The highest BCUT2D eigenvalue weighted by Gasteiger charge is 2.06. The first-order valence-corrected chi connectivity index (χ1v) is 7.05. The molecule has 2 N–H and O–H groups in total. The third-order valence-corrected chi connectivity index (χ3v) is 4.18. The molecule has 0 amide bonds. The van der Waals surface area contributed by atoms with Crippen molar-refractivity contribution in [3.8, 4) is 0 Å². The predicted octanol–water partition coefficient (Wildman–Crippen LogP) is 3.27. The predicted molar refractivity (Wildman–Crippen MR) is 76.4 cm³/mol. The number of aryl methyl sites for hydroxylation is 1. The summed E-state index contributed by atoms with van der Waals surface area (Å²) >= 11 is 13.6. The second kappa shape index (κ2) is 5.82. The van der Waals surface area contributed by atoms with Gasteiger partial charge in [-0.25, -0.2) is 4.68 Å². The number of thioether (sulfide) groups is 1. The van der Waals surface area contributed by atoms with E-state index in [1.54, 1.807) is 28.6 Å². The van der Waals surface area contributed by atoms with Crippen molar-refractivity contribution in [3.63, 3.8) is 0 Å². The number of nitrogens with zero attached hydrogens (tertiary/aromatic N) is 3. The van der Waals surface area contributed by atoms with Crippen LogP contribution in [0.15, 0.2) is 23.1 Å². The Morgan fingerprint density at radius 3 is 2.83 bits per heavy atom. The van der Waals surface area contributed by atoms with E-state index in [9.17, 15) is 0 Å². The lowest BCUT2D eigenvalue weighted by Gasteiger charge is -2.05. The van der Waals surface area contributed by atoms with Crippen molar-refractivity contribution in [2.24, 2.45) is 0 Å². The molecule has 2 rings (SSSR count). The molecular formula is C11H12Cl2N4S. The first-order chi connectivity index (χ1) is 8.58. The molecule has 2 aromatic rings. The zero-order chi connectivity index (χ0) is 13.1. The van der Waals surface area contributed by atoms with Crippen molar-refractivity contribution in [3.05, 3.63) is 33.9 Å². The van der Waals surface area contributed by atoms with Gasteiger partial charge in [-0.15, -0.1) is 16.9 Å². The van der Waals surface area contributed by atoms with Crippen LogP contribution in [0.3, 0.4) is 0 Å². The van der Waals surface area contributed by atoms with E-state index in [0.29, 0.717) is 15.9 Å². The lowest BCUT2D eigenvalue weighted by molar-refractivity contribution is 0.616. The Bertz CT molecular complexity index is 556. The fourth-order valence-corrected chi connectivity index (χ4v) is 2.83. The summed E-state index contributed by atoms with van der Waals surface area (Å²) in [7, 11) is 0.